The molecular formula is C10H16N4O. The Morgan fingerprint density at radius 1 is 1.53 bits per heavy atom. The topological polar surface area (TPSA) is 84.9 Å². The molecule has 15 heavy (non-hydrogen) atoms. The summed E-state index contributed by atoms with van der Waals surface area (Å²) < 4.78 is 5.44. The SMILES string of the molecule is Cc1nc(OCC(C)C)cc(C(=N)N)n1. The van der Waals surface area contributed by atoms with Gasteiger partial charge in [-0.2, -0.15) is 4.98 Å². The van der Waals surface area contributed by atoms with Gasteiger partial charge in [-0.25, -0.2) is 4.98 Å². The van der Waals surface area contributed by atoms with Crippen LogP contribution in [-0.2, 0) is 0 Å². The standard InChI is InChI=1S/C10H16N4O/c1-6(2)5-15-9-4-8(10(11)12)13-7(3)14-9/h4,6H,5H2,1-3H3,(H3,11,12). The molecule has 0 saturated heterocycles. The predicted molar refractivity (Wildman–Crippen MR) is 58.1 cm³/mol. The minimum Gasteiger partial charge on any atom is -0.477 e. The van der Waals surface area contributed by atoms with Gasteiger partial charge in [-0.15, -0.1) is 0 Å². The van der Waals surface area contributed by atoms with Crippen molar-refractivity contribution in [3.05, 3.63) is 17.6 Å². The molecule has 1 aromatic rings. The molecule has 0 spiro atoms. The van der Waals surface area contributed by atoms with E-state index >= 15 is 0 Å². The van der Waals surface area contributed by atoms with Crippen molar-refractivity contribution in [2.75, 3.05) is 6.61 Å². The predicted octanol–water partition coefficient (Wildman–Crippen LogP) is 1.10. The van der Waals surface area contributed by atoms with Crippen LogP contribution < -0.4 is 10.5 Å². The number of amidine groups is 1. The molecule has 82 valence electrons. The molecule has 0 aromatic carbocycles. The molecule has 0 aliphatic carbocycles. The number of hydrogen-bond acceptors (Lipinski definition) is 4. The third kappa shape index (κ3) is 3.53. The average Bonchev–Trinajstić information content (AvgIpc) is 2.13. The molecule has 5 nitrogen and oxygen atoms in total. The molecule has 0 atom stereocenters. The lowest BCUT2D eigenvalue weighted by molar-refractivity contribution is 0.260. The largest absolute Gasteiger partial charge is 0.477 e. The summed E-state index contributed by atoms with van der Waals surface area (Å²) in [5.74, 6) is 1.39. The first-order valence-electron chi connectivity index (χ1n) is 4.82. The summed E-state index contributed by atoms with van der Waals surface area (Å²) in [5.41, 5.74) is 5.75. The molecule has 0 saturated carbocycles. The number of nitrogens with one attached hydrogen (secondary N) is 1. The van der Waals surface area contributed by atoms with E-state index in [1.165, 1.54) is 0 Å². The number of aromatic nitrogens is 2. The fourth-order valence-electron chi connectivity index (χ4n) is 1.00. The van der Waals surface area contributed by atoms with Crippen LogP contribution >= 0.6 is 0 Å². The highest BCUT2D eigenvalue weighted by atomic mass is 16.5. The van der Waals surface area contributed by atoms with Crippen molar-refractivity contribution in [2.45, 2.75) is 20.8 Å². The van der Waals surface area contributed by atoms with Crippen molar-refractivity contribution in [3.63, 3.8) is 0 Å². The molecule has 0 aliphatic heterocycles. The monoisotopic (exact) mass is 208 g/mol. The molecule has 0 aliphatic rings. The van der Waals surface area contributed by atoms with E-state index in [1.54, 1.807) is 13.0 Å². The van der Waals surface area contributed by atoms with Crippen LogP contribution in [0.1, 0.15) is 25.4 Å². The van der Waals surface area contributed by atoms with Crippen molar-refractivity contribution in [2.24, 2.45) is 11.7 Å². The number of nitrogens with two attached hydrogens (primary N) is 1. The first-order chi connectivity index (χ1) is 6.99. The Morgan fingerprint density at radius 3 is 2.73 bits per heavy atom. The van der Waals surface area contributed by atoms with E-state index < -0.39 is 0 Å². The van der Waals surface area contributed by atoms with Crippen LogP contribution in [0.15, 0.2) is 6.07 Å². The van der Waals surface area contributed by atoms with Crippen molar-refractivity contribution >= 4 is 5.84 Å². The average molecular weight is 208 g/mol. The van der Waals surface area contributed by atoms with Crippen LogP contribution in [-0.4, -0.2) is 22.4 Å². The molecule has 0 amide bonds. The van der Waals surface area contributed by atoms with Gasteiger partial charge in [0.05, 0.1) is 6.61 Å². The first kappa shape index (κ1) is 11.4. The molecule has 5 heteroatoms. The Kier molecular flexibility index (Phi) is 3.60. The maximum absolute atomic E-state index is 7.28. The van der Waals surface area contributed by atoms with Gasteiger partial charge in [0.25, 0.3) is 0 Å². The van der Waals surface area contributed by atoms with Gasteiger partial charge in [0.2, 0.25) is 5.88 Å². The summed E-state index contributed by atoms with van der Waals surface area (Å²) in [4.78, 5) is 8.12. The third-order valence-corrected chi connectivity index (χ3v) is 1.65. The van der Waals surface area contributed by atoms with Gasteiger partial charge in [0, 0.05) is 6.07 Å². The molecular weight excluding hydrogens is 192 g/mol. The smallest absolute Gasteiger partial charge is 0.217 e. The maximum Gasteiger partial charge on any atom is 0.217 e. The van der Waals surface area contributed by atoms with Crippen molar-refractivity contribution in [3.8, 4) is 5.88 Å². The van der Waals surface area contributed by atoms with Gasteiger partial charge in [-0.05, 0) is 12.8 Å². The Labute approximate surface area is 89.2 Å². The third-order valence-electron chi connectivity index (χ3n) is 1.65. The molecule has 3 N–H and O–H groups in total. The van der Waals surface area contributed by atoms with Crippen molar-refractivity contribution < 1.29 is 4.74 Å². The van der Waals surface area contributed by atoms with E-state index in [-0.39, 0.29) is 5.84 Å². The number of nitrogens with zero attached hydrogens (tertiary/aromatic N) is 2. The summed E-state index contributed by atoms with van der Waals surface area (Å²) in [6.07, 6.45) is 0. The first-order valence-corrected chi connectivity index (χ1v) is 4.82. The lowest BCUT2D eigenvalue weighted by atomic mass is 10.2. The van der Waals surface area contributed by atoms with E-state index in [9.17, 15) is 0 Å². The second-order valence-corrected chi connectivity index (χ2v) is 3.76. The summed E-state index contributed by atoms with van der Waals surface area (Å²) in [5, 5.41) is 7.28. The molecule has 0 bridgehead atoms. The second kappa shape index (κ2) is 4.72. The second-order valence-electron chi connectivity index (χ2n) is 3.76. The Balaban J connectivity index is 2.84. The van der Waals surface area contributed by atoms with E-state index in [0.717, 1.165) is 0 Å². The quantitative estimate of drug-likeness (QED) is 0.573. The zero-order valence-electron chi connectivity index (χ0n) is 9.24. The Bertz CT molecular complexity index is 362. The minimum atomic E-state index is -0.0742. The maximum atomic E-state index is 7.28. The Morgan fingerprint density at radius 2 is 2.20 bits per heavy atom. The van der Waals surface area contributed by atoms with Gasteiger partial charge in [-0.3, -0.25) is 5.41 Å². The summed E-state index contributed by atoms with van der Waals surface area (Å²) in [6, 6.07) is 1.58. The fraction of sp³-hybridized carbons (Fsp3) is 0.500. The highest BCUT2D eigenvalue weighted by Gasteiger charge is 2.05. The van der Waals surface area contributed by atoms with Crippen LogP contribution in [0.25, 0.3) is 0 Å². The van der Waals surface area contributed by atoms with Crippen molar-refractivity contribution in [1.29, 1.82) is 5.41 Å². The normalized spacial score (nSPS) is 10.4. The highest BCUT2D eigenvalue weighted by molar-refractivity contribution is 5.93. The van der Waals surface area contributed by atoms with Crippen LogP contribution in [0.5, 0.6) is 5.88 Å². The minimum absolute atomic E-state index is 0.0742. The van der Waals surface area contributed by atoms with Gasteiger partial charge in [0.15, 0.2) is 0 Å². The van der Waals surface area contributed by atoms with E-state index in [0.29, 0.717) is 29.9 Å². The van der Waals surface area contributed by atoms with Crippen LogP contribution in [0.4, 0.5) is 0 Å². The molecule has 1 aromatic heterocycles. The number of nitrogen functional groups attached to an aromatic ring is 1. The zero-order valence-corrected chi connectivity index (χ0v) is 9.24. The van der Waals surface area contributed by atoms with Crippen LogP contribution in [0, 0.1) is 18.3 Å². The molecule has 1 rings (SSSR count). The number of hydrogen-bond donors (Lipinski definition) is 2. The number of rotatable bonds is 4. The fourth-order valence-corrected chi connectivity index (χ4v) is 1.00. The lowest BCUT2D eigenvalue weighted by Crippen LogP contribution is -2.15. The summed E-state index contributed by atoms with van der Waals surface area (Å²) in [7, 11) is 0. The van der Waals surface area contributed by atoms with Gasteiger partial charge >= 0.3 is 0 Å². The van der Waals surface area contributed by atoms with E-state index in [2.05, 4.69) is 23.8 Å². The van der Waals surface area contributed by atoms with Crippen molar-refractivity contribution in [1.82, 2.24) is 9.97 Å². The van der Waals surface area contributed by atoms with Crippen LogP contribution in [0.3, 0.4) is 0 Å². The summed E-state index contributed by atoms with van der Waals surface area (Å²) >= 11 is 0. The highest BCUT2D eigenvalue weighted by Crippen LogP contribution is 2.10. The van der Waals surface area contributed by atoms with E-state index in [1.807, 2.05) is 0 Å². The lowest BCUT2D eigenvalue weighted by Gasteiger charge is -2.09. The zero-order chi connectivity index (χ0) is 11.4. The number of ether oxygens (including phenoxy) is 1. The summed E-state index contributed by atoms with van der Waals surface area (Å²) in [6.45, 7) is 6.45. The van der Waals surface area contributed by atoms with E-state index in [4.69, 9.17) is 15.9 Å². The van der Waals surface area contributed by atoms with Gasteiger partial charge in [-0.1, -0.05) is 13.8 Å². The number of aryl methyl sites for hydroxylation is 1. The molecule has 1 heterocycles. The van der Waals surface area contributed by atoms with Crippen LogP contribution in [0.2, 0.25) is 0 Å². The Hall–Kier alpha value is -1.65. The van der Waals surface area contributed by atoms with Gasteiger partial charge < -0.3 is 10.5 Å². The molecule has 0 radical (unpaired) electrons. The van der Waals surface area contributed by atoms with Gasteiger partial charge in [0.1, 0.15) is 17.4 Å². The molecule has 0 unspecified atom stereocenters. The molecule has 0 fully saturated rings.